The minimum Gasteiger partial charge on any atom is -0.466 e. The van der Waals surface area contributed by atoms with Crippen molar-refractivity contribution in [2.45, 2.75) is 23.4 Å². The zero-order valence-corrected chi connectivity index (χ0v) is 16.1. The van der Waals surface area contributed by atoms with Crippen LogP contribution in [0.5, 0.6) is 5.75 Å². The van der Waals surface area contributed by atoms with Gasteiger partial charge in [0, 0.05) is 18.7 Å². The molecule has 2 N–H and O–H groups in total. The number of ether oxygens (including phenoxy) is 1. The van der Waals surface area contributed by atoms with E-state index in [0.29, 0.717) is 11.4 Å². The zero-order chi connectivity index (χ0) is 19.2. The Morgan fingerprint density at radius 1 is 1.08 bits per heavy atom. The van der Waals surface area contributed by atoms with Crippen LogP contribution in [0.2, 0.25) is 0 Å². The lowest BCUT2D eigenvalue weighted by Gasteiger charge is -2.26. The van der Waals surface area contributed by atoms with Gasteiger partial charge < -0.3 is 15.4 Å². The monoisotopic (exact) mass is 414 g/mol. The van der Waals surface area contributed by atoms with Crippen LogP contribution in [-0.2, 0) is 16.0 Å². The Morgan fingerprint density at radius 2 is 1.77 bits per heavy atom. The molecular weight excluding hydrogens is 399 g/mol. The third-order valence-corrected chi connectivity index (χ3v) is 3.80. The molecule has 0 saturated carbocycles. The minimum absolute atomic E-state index is 0.118. The van der Waals surface area contributed by atoms with Gasteiger partial charge in [-0.15, -0.1) is 0 Å². The number of alkyl halides is 3. The summed E-state index contributed by atoms with van der Waals surface area (Å²) in [6.07, 6.45) is -1.09. The second-order valence-electron chi connectivity index (χ2n) is 5.48. The Hall–Kier alpha value is -1.95. The molecule has 0 aliphatic heterocycles. The van der Waals surface area contributed by atoms with E-state index < -0.39 is 10.0 Å². The van der Waals surface area contributed by atoms with E-state index in [1.54, 1.807) is 24.3 Å². The van der Waals surface area contributed by atoms with Gasteiger partial charge >= 0.3 is 0 Å². The van der Waals surface area contributed by atoms with Crippen molar-refractivity contribution in [3.8, 4) is 5.75 Å². The fourth-order valence-corrected chi connectivity index (χ4v) is 2.44. The molecule has 138 valence electrons. The van der Waals surface area contributed by atoms with Crippen molar-refractivity contribution in [1.82, 2.24) is 5.32 Å². The van der Waals surface area contributed by atoms with Gasteiger partial charge in [0.1, 0.15) is 5.75 Å². The number of amides is 2. The number of carbonyl (C=O) groups excluding carboxylic acids is 2. The van der Waals surface area contributed by atoms with E-state index in [1.165, 1.54) is 6.92 Å². The van der Waals surface area contributed by atoms with Gasteiger partial charge in [-0.3, -0.25) is 9.59 Å². The molecule has 0 saturated heterocycles. The molecule has 0 aliphatic carbocycles. The largest absolute Gasteiger partial charge is 0.466 e. The Balaban J connectivity index is 2.08. The summed E-state index contributed by atoms with van der Waals surface area (Å²) in [7, 11) is 0. The maximum absolute atomic E-state index is 12.2. The Morgan fingerprint density at radius 3 is 2.38 bits per heavy atom. The summed E-state index contributed by atoms with van der Waals surface area (Å²) < 4.78 is 3.74. The van der Waals surface area contributed by atoms with Crippen LogP contribution in [0.3, 0.4) is 0 Å². The summed E-state index contributed by atoms with van der Waals surface area (Å²) in [5, 5.41) is 5.20. The van der Waals surface area contributed by atoms with Crippen molar-refractivity contribution in [3.63, 3.8) is 0 Å². The third kappa shape index (κ3) is 6.75. The highest BCUT2D eigenvalue weighted by Gasteiger charge is 2.36. The second-order valence-corrected chi connectivity index (χ2v) is 7.85. The molecule has 0 heterocycles. The average Bonchev–Trinajstić information content (AvgIpc) is 2.54. The maximum atomic E-state index is 12.2. The first-order valence-corrected chi connectivity index (χ1v) is 8.82. The number of benzene rings is 2. The molecule has 26 heavy (non-hydrogen) atoms. The van der Waals surface area contributed by atoms with Gasteiger partial charge in [-0.25, -0.2) is 0 Å². The van der Waals surface area contributed by atoms with Crippen molar-refractivity contribution in [2.75, 3.05) is 5.32 Å². The Kier molecular flexibility index (Phi) is 7.14. The zero-order valence-electron chi connectivity index (χ0n) is 13.8. The molecule has 2 aromatic carbocycles. The fourth-order valence-electron chi connectivity index (χ4n) is 2.14. The lowest BCUT2D eigenvalue weighted by Crippen LogP contribution is -2.48. The molecule has 0 radical (unpaired) electrons. The number of halogens is 3. The van der Waals surface area contributed by atoms with Crippen LogP contribution in [0, 0.1) is 0 Å². The van der Waals surface area contributed by atoms with E-state index in [2.05, 4.69) is 10.6 Å². The van der Waals surface area contributed by atoms with E-state index >= 15 is 0 Å². The average molecular weight is 416 g/mol. The van der Waals surface area contributed by atoms with Crippen LogP contribution in [-0.4, -0.2) is 21.8 Å². The number of anilines is 1. The molecule has 0 spiro atoms. The first-order valence-electron chi connectivity index (χ1n) is 7.68. The lowest BCUT2D eigenvalue weighted by atomic mass is 10.1. The summed E-state index contributed by atoms with van der Waals surface area (Å²) in [6, 6.07) is 15.7. The van der Waals surface area contributed by atoms with Crippen molar-refractivity contribution in [3.05, 3.63) is 60.2 Å². The Bertz CT molecular complexity index is 764. The summed E-state index contributed by atoms with van der Waals surface area (Å²) in [5.41, 5.74) is 1.34. The first kappa shape index (κ1) is 20.4. The lowest BCUT2D eigenvalue weighted by molar-refractivity contribution is -0.122. The van der Waals surface area contributed by atoms with E-state index in [4.69, 9.17) is 39.5 Å². The van der Waals surface area contributed by atoms with Gasteiger partial charge in [0.25, 0.3) is 0 Å². The molecule has 0 aliphatic rings. The molecule has 0 aromatic heterocycles. The molecular formula is C18H17Cl3N2O3. The van der Waals surface area contributed by atoms with E-state index in [0.717, 1.165) is 5.56 Å². The van der Waals surface area contributed by atoms with Gasteiger partial charge in [0.15, 0.2) is 0 Å². The molecule has 1 unspecified atom stereocenters. The first-order chi connectivity index (χ1) is 12.2. The molecule has 5 nitrogen and oxygen atoms in total. The normalized spacial score (nSPS) is 12.2. The van der Waals surface area contributed by atoms with Gasteiger partial charge in [0.05, 0.1) is 6.42 Å². The molecule has 2 amide bonds. The summed E-state index contributed by atoms with van der Waals surface area (Å²) >= 11 is 17.8. The van der Waals surface area contributed by atoms with Crippen molar-refractivity contribution < 1.29 is 14.3 Å². The van der Waals surface area contributed by atoms with E-state index in [1.807, 2.05) is 30.3 Å². The van der Waals surface area contributed by atoms with Crippen LogP contribution in [0.25, 0.3) is 0 Å². The van der Waals surface area contributed by atoms with Crippen LogP contribution in [0.4, 0.5) is 5.69 Å². The molecule has 0 fully saturated rings. The second kappa shape index (κ2) is 9.12. The smallest absolute Gasteiger partial charge is 0.246 e. The predicted molar refractivity (Wildman–Crippen MR) is 104 cm³/mol. The molecule has 2 aromatic rings. The molecule has 8 heteroatoms. The van der Waals surface area contributed by atoms with Crippen LogP contribution in [0.15, 0.2) is 54.6 Å². The van der Waals surface area contributed by atoms with E-state index in [-0.39, 0.29) is 18.2 Å². The Labute approximate surface area is 166 Å². The molecule has 2 rings (SSSR count). The van der Waals surface area contributed by atoms with Gasteiger partial charge in [0.2, 0.25) is 21.8 Å². The standard InChI is InChI=1S/C18H17Cl3N2O3/c1-12(24)22-14-8-5-9-15(11-14)26-17(18(19,20)21)23-16(25)10-13-6-3-2-4-7-13/h2-9,11,17H,10H2,1H3,(H,22,24)(H,23,25). The topological polar surface area (TPSA) is 67.4 Å². The van der Waals surface area contributed by atoms with Crippen LogP contribution >= 0.6 is 34.8 Å². The highest BCUT2D eigenvalue weighted by Crippen LogP contribution is 2.32. The summed E-state index contributed by atoms with van der Waals surface area (Å²) in [4.78, 5) is 23.4. The number of nitrogens with one attached hydrogen (secondary N) is 2. The number of hydrogen-bond donors (Lipinski definition) is 2. The van der Waals surface area contributed by atoms with Gasteiger partial charge in [-0.1, -0.05) is 71.2 Å². The van der Waals surface area contributed by atoms with Crippen molar-refractivity contribution >= 4 is 52.3 Å². The molecule has 0 bridgehead atoms. The highest BCUT2D eigenvalue weighted by atomic mass is 35.6. The quantitative estimate of drug-likeness (QED) is 0.552. The third-order valence-electron chi connectivity index (χ3n) is 3.21. The molecule has 1 atom stereocenters. The van der Waals surface area contributed by atoms with Gasteiger partial charge in [-0.05, 0) is 17.7 Å². The minimum atomic E-state index is -1.89. The van der Waals surface area contributed by atoms with Crippen molar-refractivity contribution in [2.24, 2.45) is 0 Å². The van der Waals surface area contributed by atoms with Crippen molar-refractivity contribution in [1.29, 1.82) is 0 Å². The predicted octanol–water partition coefficient (Wildman–Crippen LogP) is 4.08. The van der Waals surface area contributed by atoms with Crippen LogP contribution < -0.4 is 15.4 Å². The number of carbonyl (C=O) groups is 2. The van der Waals surface area contributed by atoms with Crippen LogP contribution in [0.1, 0.15) is 12.5 Å². The summed E-state index contributed by atoms with van der Waals surface area (Å²) in [6.45, 7) is 1.39. The van der Waals surface area contributed by atoms with E-state index in [9.17, 15) is 9.59 Å². The van der Waals surface area contributed by atoms with Gasteiger partial charge in [-0.2, -0.15) is 0 Å². The summed E-state index contributed by atoms with van der Waals surface area (Å²) in [5.74, 6) is -0.255. The number of hydrogen-bond acceptors (Lipinski definition) is 3. The SMILES string of the molecule is CC(=O)Nc1cccc(OC(NC(=O)Cc2ccccc2)C(Cl)(Cl)Cl)c1. The fraction of sp³-hybridized carbons (Fsp3) is 0.222. The highest BCUT2D eigenvalue weighted by molar-refractivity contribution is 6.68. The number of rotatable bonds is 6. The maximum Gasteiger partial charge on any atom is 0.246 e.